The van der Waals surface area contributed by atoms with Crippen LogP contribution in [0.2, 0.25) is 0 Å². The molecule has 2 heterocycles. The van der Waals surface area contributed by atoms with Gasteiger partial charge >= 0.3 is 6.03 Å². The first-order valence-electron chi connectivity index (χ1n) is 8.05. The van der Waals surface area contributed by atoms with E-state index in [9.17, 15) is 4.79 Å². The molecule has 124 valence electrons. The molecular formula is C16H28N4OS. The van der Waals surface area contributed by atoms with Gasteiger partial charge in [-0.2, -0.15) is 16.9 Å². The number of urea groups is 1. The van der Waals surface area contributed by atoms with Crippen LogP contribution in [0.5, 0.6) is 0 Å². The summed E-state index contributed by atoms with van der Waals surface area (Å²) >= 11 is 1.96. The summed E-state index contributed by atoms with van der Waals surface area (Å²) in [7, 11) is 0. The Balaban J connectivity index is 1.68. The van der Waals surface area contributed by atoms with E-state index >= 15 is 0 Å². The van der Waals surface area contributed by atoms with Crippen LogP contribution in [0.1, 0.15) is 38.1 Å². The van der Waals surface area contributed by atoms with E-state index < -0.39 is 0 Å². The predicted molar refractivity (Wildman–Crippen MR) is 92.4 cm³/mol. The lowest BCUT2D eigenvalue weighted by atomic mass is 10.1. The molecule has 1 aliphatic rings. The van der Waals surface area contributed by atoms with Crippen LogP contribution in [0.25, 0.3) is 0 Å². The van der Waals surface area contributed by atoms with E-state index in [1.54, 1.807) is 0 Å². The zero-order valence-corrected chi connectivity index (χ0v) is 14.9. The van der Waals surface area contributed by atoms with Crippen molar-refractivity contribution in [1.29, 1.82) is 0 Å². The highest BCUT2D eigenvalue weighted by molar-refractivity contribution is 8.00. The van der Waals surface area contributed by atoms with Crippen molar-refractivity contribution < 1.29 is 4.79 Å². The molecule has 1 aliphatic heterocycles. The number of nitrogens with one attached hydrogen (secondary N) is 2. The molecule has 0 unspecified atom stereocenters. The number of amides is 2. The molecule has 1 aromatic rings. The average molecular weight is 324 g/mol. The first kappa shape index (κ1) is 17.2. The molecule has 0 aliphatic carbocycles. The van der Waals surface area contributed by atoms with Crippen LogP contribution >= 0.6 is 11.8 Å². The molecule has 1 fully saturated rings. The molecular weight excluding hydrogens is 296 g/mol. The lowest BCUT2D eigenvalue weighted by Crippen LogP contribution is -2.43. The number of aromatic nitrogens is 2. The van der Waals surface area contributed by atoms with Crippen molar-refractivity contribution in [2.45, 2.75) is 51.8 Å². The zero-order valence-electron chi connectivity index (χ0n) is 14.1. The van der Waals surface area contributed by atoms with Crippen molar-refractivity contribution in [2.24, 2.45) is 5.92 Å². The number of hydrogen-bond donors (Lipinski definition) is 2. The Morgan fingerprint density at radius 1 is 1.50 bits per heavy atom. The largest absolute Gasteiger partial charge is 0.338 e. The Bertz CT molecular complexity index is 508. The van der Waals surface area contributed by atoms with Crippen molar-refractivity contribution in [1.82, 2.24) is 20.4 Å². The topological polar surface area (TPSA) is 59.0 Å². The Labute approximate surface area is 137 Å². The van der Waals surface area contributed by atoms with Crippen molar-refractivity contribution in [3.63, 3.8) is 0 Å². The monoisotopic (exact) mass is 324 g/mol. The molecule has 0 bridgehead atoms. The summed E-state index contributed by atoms with van der Waals surface area (Å²) in [6.07, 6.45) is 2.44. The maximum absolute atomic E-state index is 11.9. The smallest absolute Gasteiger partial charge is 0.314 e. The van der Waals surface area contributed by atoms with Gasteiger partial charge in [-0.15, -0.1) is 0 Å². The van der Waals surface area contributed by atoms with Gasteiger partial charge in [-0.3, -0.25) is 4.68 Å². The van der Waals surface area contributed by atoms with E-state index in [0.29, 0.717) is 12.5 Å². The van der Waals surface area contributed by atoms with E-state index in [1.165, 1.54) is 24.3 Å². The summed E-state index contributed by atoms with van der Waals surface area (Å²) in [5.74, 6) is 1.56. The number of nitrogens with zero attached hydrogens (tertiary/aromatic N) is 2. The van der Waals surface area contributed by atoms with Crippen LogP contribution < -0.4 is 10.6 Å². The molecule has 2 amide bonds. The van der Waals surface area contributed by atoms with E-state index in [4.69, 9.17) is 0 Å². The second kappa shape index (κ2) is 7.40. The van der Waals surface area contributed by atoms with Crippen LogP contribution in [0.3, 0.4) is 0 Å². The minimum Gasteiger partial charge on any atom is -0.338 e. The van der Waals surface area contributed by atoms with Crippen LogP contribution in [-0.4, -0.2) is 39.4 Å². The highest BCUT2D eigenvalue weighted by Crippen LogP contribution is 2.36. The van der Waals surface area contributed by atoms with Gasteiger partial charge in [0.2, 0.25) is 0 Å². The number of hydrogen-bond acceptors (Lipinski definition) is 3. The summed E-state index contributed by atoms with van der Waals surface area (Å²) in [6, 6.07) is 2.02. The predicted octanol–water partition coefficient (Wildman–Crippen LogP) is 2.72. The van der Waals surface area contributed by atoms with Crippen LogP contribution in [0.15, 0.2) is 6.07 Å². The molecule has 2 rings (SSSR count). The van der Waals surface area contributed by atoms with Crippen molar-refractivity contribution in [3.05, 3.63) is 17.5 Å². The quantitative estimate of drug-likeness (QED) is 0.846. The zero-order chi connectivity index (χ0) is 16.2. The maximum Gasteiger partial charge on any atom is 0.314 e. The molecule has 2 N–H and O–H groups in total. The fourth-order valence-electron chi connectivity index (χ4n) is 2.79. The third-order valence-electron chi connectivity index (χ3n) is 4.12. The van der Waals surface area contributed by atoms with Gasteiger partial charge in [-0.1, -0.05) is 6.92 Å². The molecule has 1 aromatic heterocycles. The SMILES string of the molecule is Cc1cc(C)n(C[C@H](C)CNC(=O)NC[C@@]2(C)CCCS2)n1. The first-order valence-corrected chi connectivity index (χ1v) is 9.03. The van der Waals surface area contributed by atoms with Gasteiger partial charge < -0.3 is 10.6 Å². The molecule has 0 saturated carbocycles. The van der Waals surface area contributed by atoms with Crippen LogP contribution in [0.4, 0.5) is 4.79 Å². The molecule has 0 radical (unpaired) electrons. The Morgan fingerprint density at radius 3 is 2.86 bits per heavy atom. The molecule has 2 atom stereocenters. The molecule has 22 heavy (non-hydrogen) atoms. The first-order chi connectivity index (χ1) is 10.4. The number of carbonyl (C=O) groups excluding carboxylic acids is 1. The second-order valence-electron chi connectivity index (χ2n) is 6.68. The van der Waals surface area contributed by atoms with E-state index in [-0.39, 0.29) is 10.8 Å². The lowest BCUT2D eigenvalue weighted by Gasteiger charge is -2.23. The van der Waals surface area contributed by atoms with Gasteiger partial charge in [0.05, 0.1) is 5.69 Å². The van der Waals surface area contributed by atoms with Gasteiger partial charge in [0.1, 0.15) is 0 Å². The van der Waals surface area contributed by atoms with Crippen molar-refractivity contribution in [3.8, 4) is 0 Å². The molecule has 1 saturated heterocycles. The van der Waals surface area contributed by atoms with E-state index in [1.807, 2.05) is 23.4 Å². The summed E-state index contributed by atoms with van der Waals surface area (Å²) < 4.78 is 2.22. The van der Waals surface area contributed by atoms with Gasteiger partial charge in [-0.05, 0) is 51.3 Å². The number of rotatable bonds is 6. The van der Waals surface area contributed by atoms with Crippen LogP contribution in [-0.2, 0) is 6.54 Å². The Morgan fingerprint density at radius 2 is 2.27 bits per heavy atom. The highest BCUT2D eigenvalue weighted by Gasteiger charge is 2.29. The standard InChI is InChI=1S/C16H28N4OS/c1-12(10-20-14(3)8-13(2)19-20)9-17-15(21)18-11-16(4)6-5-7-22-16/h8,12H,5-7,9-11H2,1-4H3,(H2,17,18,21)/t12-,16-/m1/s1. The Hall–Kier alpha value is -1.17. The summed E-state index contributed by atoms with van der Waals surface area (Å²) in [5, 5.41) is 10.4. The van der Waals surface area contributed by atoms with Gasteiger partial charge in [0.25, 0.3) is 0 Å². The molecule has 6 heteroatoms. The van der Waals surface area contributed by atoms with Gasteiger partial charge in [-0.25, -0.2) is 4.79 Å². The number of aryl methyl sites for hydroxylation is 2. The molecule has 5 nitrogen and oxygen atoms in total. The minimum absolute atomic E-state index is 0.0612. The normalized spacial score (nSPS) is 22.5. The van der Waals surface area contributed by atoms with Gasteiger partial charge in [0.15, 0.2) is 0 Å². The van der Waals surface area contributed by atoms with E-state index in [0.717, 1.165) is 18.8 Å². The fraction of sp³-hybridized carbons (Fsp3) is 0.750. The molecule has 0 spiro atoms. The van der Waals surface area contributed by atoms with E-state index in [2.05, 4.69) is 42.6 Å². The summed E-state index contributed by atoms with van der Waals surface area (Å²) in [6.45, 7) is 10.7. The lowest BCUT2D eigenvalue weighted by molar-refractivity contribution is 0.237. The van der Waals surface area contributed by atoms with Crippen LogP contribution in [0, 0.1) is 19.8 Å². The third-order valence-corrected chi connectivity index (χ3v) is 5.66. The van der Waals surface area contributed by atoms with Crippen molar-refractivity contribution >= 4 is 17.8 Å². The average Bonchev–Trinajstić information content (AvgIpc) is 3.01. The molecule has 0 aromatic carbocycles. The number of carbonyl (C=O) groups is 1. The Kier molecular flexibility index (Phi) is 5.78. The fourth-order valence-corrected chi connectivity index (χ4v) is 4.04. The van der Waals surface area contributed by atoms with Crippen molar-refractivity contribution in [2.75, 3.05) is 18.8 Å². The summed E-state index contributed by atoms with van der Waals surface area (Å²) in [5.41, 5.74) is 2.21. The van der Waals surface area contributed by atoms with Gasteiger partial charge in [0, 0.05) is 30.1 Å². The highest BCUT2D eigenvalue weighted by atomic mass is 32.2. The third kappa shape index (κ3) is 4.93. The summed E-state index contributed by atoms with van der Waals surface area (Å²) in [4.78, 5) is 11.9. The number of thioether (sulfide) groups is 1. The minimum atomic E-state index is -0.0612. The second-order valence-corrected chi connectivity index (χ2v) is 8.36. The maximum atomic E-state index is 11.9.